The second-order valence-electron chi connectivity index (χ2n) is 11.7. The number of aromatic amines is 1. The monoisotopic (exact) mass is 581 g/mol. The molecule has 214 valence electrons. The summed E-state index contributed by atoms with van der Waals surface area (Å²) in [5.41, 5.74) is 6.04. The number of halogens is 2. The maximum Gasteiger partial charge on any atom is 0.320 e. The summed E-state index contributed by atoms with van der Waals surface area (Å²) < 4.78 is 35.4. The minimum Gasteiger partial charge on any atom is -0.461 e. The Morgan fingerprint density at radius 1 is 1.15 bits per heavy atom. The first-order valence-electron chi connectivity index (χ1n) is 14.1. The highest BCUT2D eigenvalue weighted by Crippen LogP contribution is 2.40. The Hall–Kier alpha value is -3.49. The Morgan fingerprint density at radius 3 is 2.80 bits per heavy atom. The van der Waals surface area contributed by atoms with Gasteiger partial charge in [0.25, 0.3) is 5.56 Å². The number of nitrogens with zero attached hydrogens (tertiary/aromatic N) is 6. The van der Waals surface area contributed by atoms with E-state index in [1.54, 1.807) is 0 Å². The average molecular weight is 582 g/mol. The molecule has 0 aliphatic carbocycles. The molecule has 4 saturated heterocycles. The van der Waals surface area contributed by atoms with Gasteiger partial charge in [-0.2, -0.15) is 9.97 Å². The Morgan fingerprint density at radius 2 is 1.98 bits per heavy atom. The number of piperazine rings is 1. The fourth-order valence-corrected chi connectivity index (χ4v) is 7.99. The molecule has 14 heteroatoms. The smallest absolute Gasteiger partial charge is 0.320 e. The predicted octanol–water partition coefficient (Wildman–Crippen LogP) is 2.61. The molecule has 0 amide bonds. The van der Waals surface area contributed by atoms with Crippen molar-refractivity contribution in [1.29, 1.82) is 0 Å². The van der Waals surface area contributed by atoms with E-state index in [1.165, 1.54) is 12.1 Å². The third-order valence-electron chi connectivity index (χ3n) is 9.04. The van der Waals surface area contributed by atoms with Gasteiger partial charge in [0.2, 0.25) is 0 Å². The molecule has 4 aliphatic rings. The number of alkyl halides is 1. The molecule has 0 saturated carbocycles. The number of hydrogen-bond acceptors (Lipinski definition) is 11. The van der Waals surface area contributed by atoms with Gasteiger partial charge in [-0.05, 0) is 44.4 Å². The highest BCUT2D eigenvalue weighted by Gasteiger charge is 2.49. The SMILES string of the molecule is Nc1nc2c(-c3nc4nc(OC[C@@]56CCCN5C[C@H](F)C6)nc(N5CC6CCC(C5)N6)c4c(=O)[nH]3)ccc(F)c2s1. The minimum absolute atomic E-state index is 0.105. The molecule has 41 heavy (non-hydrogen) atoms. The van der Waals surface area contributed by atoms with Crippen LogP contribution in [0.25, 0.3) is 32.6 Å². The molecule has 4 N–H and O–H groups in total. The molecule has 1 aromatic carbocycles. The van der Waals surface area contributed by atoms with E-state index < -0.39 is 17.5 Å². The van der Waals surface area contributed by atoms with Crippen LogP contribution in [0, 0.1) is 5.82 Å². The quantitative estimate of drug-likeness (QED) is 0.322. The number of benzene rings is 1. The number of nitrogens with one attached hydrogen (secondary N) is 2. The van der Waals surface area contributed by atoms with Gasteiger partial charge in [0.1, 0.15) is 29.8 Å². The van der Waals surface area contributed by atoms with E-state index in [1.807, 2.05) is 0 Å². The first-order valence-corrected chi connectivity index (χ1v) is 14.9. The van der Waals surface area contributed by atoms with Crippen molar-refractivity contribution in [2.45, 2.75) is 55.9 Å². The highest BCUT2D eigenvalue weighted by atomic mass is 32.1. The second kappa shape index (κ2) is 9.26. The topological polar surface area (TPSA) is 138 Å². The lowest BCUT2D eigenvalue weighted by molar-refractivity contribution is 0.107. The van der Waals surface area contributed by atoms with E-state index in [4.69, 9.17) is 20.4 Å². The normalized spacial score (nSPS) is 27.8. The van der Waals surface area contributed by atoms with Gasteiger partial charge >= 0.3 is 6.01 Å². The van der Waals surface area contributed by atoms with Crippen LogP contribution in [-0.4, -0.2) is 86.4 Å². The van der Waals surface area contributed by atoms with Gasteiger partial charge in [-0.15, -0.1) is 0 Å². The second-order valence-corrected chi connectivity index (χ2v) is 12.7. The van der Waals surface area contributed by atoms with Gasteiger partial charge in [0.15, 0.2) is 16.6 Å². The molecule has 4 aliphatic heterocycles. The number of hydrogen-bond donors (Lipinski definition) is 3. The molecule has 7 heterocycles. The summed E-state index contributed by atoms with van der Waals surface area (Å²) in [4.78, 5) is 39.2. The number of fused-ring (bicyclic) bond motifs is 5. The fraction of sp³-hybridized carbons (Fsp3) is 0.519. The zero-order chi connectivity index (χ0) is 27.9. The minimum atomic E-state index is -0.876. The van der Waals surface area contributed by atoms with Gasteiger partial charge in [-0.3, -0.25) is 9.69 Å². The Labute approximate surface area is 237 Å². The van der Waals surface area contributed by atoms with E-state index in [0.29, 0.717) is 55.0 Å². The Balaban J connectivity index is 1.24. The molecule has 8 rings (SSSR count). The van der Waals surface area contributed by atoms with Crippen LogP contribution in [0.2, 0.25) is 0 Å². The number of ether oxygens (including phenoxy) is 1. The van der Waals surface area contributed by atoms with Crippen molar-refractivity contribution in [3.8, 4) is 17.4 Å². The standard InChI is InChI=1S/C27H29F2N9O2S/c28-13-8-27(6-1-7-38(27)9-13)12-40-26-35-22-18(23(36-26)37-10-14-2-3-15(11-37)31-14)24(39)34-21(33-22)16-4-5-17(29)20-19(16)32-25(30)41-20/h4-5,13-15,31H,1-3,6-12H2,(H2,30,32)(H,33,34,35,36,39)/t13-,14?,15?,27+/m1/s1. The number of rotatable bonds is 5. The molecule has 2 bridgehead atoms. The lowest BCUT2D eigenvalue weighted by Crippen LogP contribution is -2.51. The van der Waals surface area contributed by atoms with E-state index in [9.17, 15) is 13.6 Å². The number of thiazole rings is 1. The third-order valence-corrected chi connectivity index (χ3v) is 9.93. The first-order chi connectivity index (χ1) is 19.8. The molecular weight excluding hydrogens is 552 g/mol. The van der Waals surface area contributed by atoms with E-state index >= 15 is 0 Å². The molecular formula is C27H29F2N9O2S. The highest BCUT2D eigenvalue weighted by molar-refractivity contribution is 7.22. The summed E-state index contributed by atoms with van der Waals surface area (Å²) in [5, 5.41) is 4.09. The maximum atomic E-state index is 14.5. The van der Waals surface area contributed by atoms with Crippen LogP contribution in [0.15, 0.2) is 16.9 Å². The number of nitrogen functional groups attached to an aromatic ring is 1. The molecule has 4 fully saturated rings. The number of nitrogens with two attached hydrogens (primary N) is 1. The van der Waals surface area contributed by atoms with Gasteiger partial charge < -0.3 is 25.7 Å². The molecule has 2 unspecified atom stereocenters. The Kier molecular flexibility index (Phi) is 5.70. The fourth-order valence-electron chi connectivity index (χ4n) is 7.23. The van der Waals surface area contributed by atoms with Crippen LogP contribution >= 0.6 is 11.3 Å². The van der Waals surface area contributed by atoms with Crippen LogP contribution in [0.4, 0.5) is 19.7 Å². The van der Waals surface area contributed by atoms with Crippen LogP contribution in [-0.2, 0) is 0 Å². The number of anilines is 2. The van der Waals surface area contributed by atoms with Crippen LogP contribution in [0.1, 0.15) is 32.1 Å². The van der Waals surface area contributed by atoms with Crippen molar-refractivity contribution in [2.75, 3.05) is 43.4 Å². The van der Waals surface area contributed by atoms with Crippen molar-refractivity contribution < 1.29 is 13.5 Å². The molecule has 3 aromatic heterocycles. The van der Waals surface area contributed by atoms with Gasteiger partial charge in [-0.1, -0.05) is 11.3 Å². The van der Waals surface area contributed by atoms with Crippen molar-refractivity contribution in [1.82, 2.24) is 35.1 Å². The molecule has 4 atom stereocenters. The summed E-state index contributed by atoms with van der Waals surface area (Å²) in [6, 6.07) is 3.55. The van der Waals surface area contributed by atoms with Gasteiger partial charge in [0.05, 0.1) is 15.8 Å². The molecule has 4 aromatic rings. The van der Waals surface area contributed by atoms with Crippen LogP contribution in [0.3, 0.4) is 0 Å². The summed E-state index contributed by atoms with van der Waals surface area (Å²) in [5.74, 6) is 0.226. The molecule has 0 radical (unpaired) electrons. The van der Waals surface area contributed by atoms with Crippen molar-refractivity contribution in [2.24, 2.45) is 0 Å². The molecule has 0 spiro atoms. The van der Waals surface area contributed by atoms with Crippen molar-refractivity contribution in [3.63, 3.8) is 0 Å². The first kappa shape index (κ1) is 25.2. The number of H-pyrrole nitrogens is 1. The van der Waals surface area contributed by atoms with Gasteiger partial charge in [-0.25, -0.2) is 18.7 Å². The Bertz CT molecular complexity index is 1740. The third kappa shape index (κ3) is 4.14. The summed E-state index contributed by atoms with van der Waals surface area (Å²) in [6.07, 6.45) is 3.52. The van der Waals surface area contributed by atoms with E-state index in [2.05, 4.69) is 30.1 Å². The number of aromatic nitrogens is 5. The van der Waals surface area contributed by atoms with E-state index in [-0.39, 0.29) is 44.8 Å². The largest absolute Gasteiger partial charge is 0.461 e. The lowest BCUT2D eigenvalue weighted by atomic mass is 9.95. The van der Waals surface area contributed by atoms with E-state index in [0.717, 1.165) is 43.6 Å². The zero-order valence-electron chi connectivity index (χ0n) is 22.2. The zero-order valence-corrected chi connectivity index (χ0v) is 23.0. The molecule has 11 nitrogen and oxygen atoms in total. The average Bonchev–Trinajstić information content (AvgIpc) is 3.69. The van der Waals surface area contributed by atoms with Gasteiger partial charge in [0, 0.05) is 43.7 Å². The predicted molar refractivity (Wildman–Crippen MR) is 152 cm³/mol. The van der Waals surface area contributed by atoms with Crippen LogP contribution in [0.5, 0.6) is 6.01 Å². The van der Waals surface area contributed by atoms with Crippen molar-refractivity contribution >= 4 is 43.5 Å². The maximum absolute atomic E-state index is 14.5. The lowest BCUT2D eigenvalue weighted by Gasteiger charge is -2.34. The van der Waals surface area contributed by atoms with Crippen molar-refractivity contribution in [3.05, 3.63) is 28.3 Å². The summed E-state index contributed by atoms with van der Waals surface area (Å²) in [6.45, 7) is 2.93. The van der Waals surface area contributed by atoms with Crippen LogP contribution < -0.4 is 26.2 Å². The summed E-state index contributed by atoms with van der Waals surface area (Å²) >= 11 is 1.03. The summed E-state index contributed by atoms with van der Waals surface area (Å²) in [7, 11) is 0.